The van der Waals surface area contributed by atoms with Crippen molar-refractivity contribution in [1.82, 2.24) is 4.90 Å². The topological polar surface area (TPSA) is 6.48 Å². The van der Waals surface area contributed by atoms with Gasteiger partial charge >= 0.3 is 0 Å². The predicted molar refractivity (Wildman–Crippen MR) is 105 cm³/mol. The smallest absolute Gasteiger partial charge is 0.0402 e. The van der Waals surface area contributed by atoms with Crippen molar-refractivity contribution in [2.45, 2.75) is 59.3 Å². The second-order valence-electron chi connectivity index (χ2n) is 9.18. The molecule has 2 nitrogen and oxygen atoms in total. The minimum absolute atomic E-state index is 0.550. The first kappa shape index (κ1) is 17.8. The number of hydrogen-bond donors (Lipinski definition) is 0. The van der Waals surface area contributed by atoms with Gasteiger partial charge in [0.15, 0.2) is 0 Å². The highest BCUT2D eigenvalue weighted by molar-refractivity contribution is 5.55. The number of nitrogens with zero attached hydrogens (tertiary/aromatic N) is 2. The molecule has 2 aliphatic rings. The van der Waals surface area contributed by atoms with Gasteiger partial charge in [-0.1, -0.05) is 45.9 Å². The fourth-order valence-corrected chi connectivity index (χ4v) is 4.52. The molecular formula is C22H36N2. The van der Waals surface area contributed by atoms with E-state index >= 15 is 0 Å². The number of rotatable bonds is 4. The third-order valence-corrected chi connectivity index (χ3v) is 6.05. The van der Waals surface area contributed by atoms with E-state index in [1.807, 2.05) is 0 Å². The molecule has 134 valence electrons. The second kappa shape index (κ2) is 7.47. The van der Waals surface area contributed by atoms with Gasteiger partial charge in [0.1, 0.15) is 0 Å². The zero-order valence-corrected chi connectivity index (χ0v) is 16.2. The van der Waals surface area contributed by atoms with Crippen LogP contribution in [-0.4, -0.2) is 37.6 Å². The average molecular weight is 329 g/mol. The highest BCUT2D eigenvalue weighted by Gasteiger charge is 2.29. The Morgan fingerprint density at radius 3 is 2.25 bits per heavy atom. The van der Waals surface area contributed by atoms with Crippen LogP contribution in [0.2, 0.25) is 0 Å². The van der Waals surface area contributed by atoms with Gasteiger partial charge in [-0.25, -0.2) is 0 Å². The average Bonchev–Trinajstić information content (AvgIpc) is 2.55. The molecule has 24 heavy (non-hydrogen) atoms. The number of anilines is 1. The van der Waals surface area contributed by atoms with E-state index in [0.29, 0.717) is 5.41 Å². The van der Waals surface area contributed by atoms with Gasteiger partial charge in [0.2, 0.25) is 0 Å². The molecule has 0 unspecified atom stereocenters. The molecule has 0 aromatic heterocycles. The molecule has 0 spiro atoms. The summed E-state index contributed by atoms with van der Waals surface area (Å²) < 4.78 is 0. The van der Waals surface area contributed by atoms with E-state index in [2.05, 4.69) is 61.8 Å². The van der Waals surface area contributed by atoms with Crippen LogP contribution in [0.15, 0.2) is 24.3 Å². The van der Waals surface area contributed by atoms with E-state index in [-0.39, 0.29) is 0 Å². The normalized spacial score (nSPS) is 23.0. The standard InChI is InChI=1S/C22H36N2/c1-18(2)17-23-13-15-24(16-14-23)21-8-6-5-7-20(21)19-9-11-22(3,4)12-10-19/h5-8,18-19H,9-17H2,1-4H3. The maximum absolute atomic E-state index is 2.64. The zero-order valence-electron chi connectivity index (χ0n) is 16.2. The molecule has 1 heterocycles. The molecule has 2 heteroatoms. The Morgan fingerprint density at radius 2 is 1.62 bits per heavy atom. The Bertz CT molecular complexity index is 517. The van der Waals surface area contributed by atoms with Crippen LogP contribution in [0.3, 0.4) is 0 Å². The minimum atomic E-state index is 0.550. The summed E-state index contributed by atoms with van der Waals surface area (Å²) in [6.45, 7) is 15.6. The van der Waals surface area contributed by atoms with E-state index < -0.39 is 0 Å². The molecule has 0 N–H and O–H groups in total. The predicted octanol–water partition coefficient (Wildman–Crippen LogP) is 5.15. The summed E-state index contributed by atoms with van der Waals surface area (Å²) in [6, 6.07) is 9.24. The van der Waals surface area contributed by atoms with Crippen molar-refractivity contribution in [2.75, 3.05) is 37.6 Å². The first-order chi connectivity index (χ1) is 11.4. The van der Waals surface area contributed by atoms with Crippen molar-refractivity contribution in [1.29, 1.82) is 0 Å². The Balaban J connectivity index is 1.67. The molecule has 1 aromatic carbocycles. The lowest BCUT2D eigenvalue weighted by atomic mass is 9.71. The van der Waals surface area contributed by atoms with Crippen LogP contribution in [0.1, 0.15) is 64.9 Å². The van der Waals surface area contributed by atoms with Crippen LogP contribution >= 0.6 is 0 Å². The van der Waals surface area contributed by atoms with Gasteiger partial charge in [-0.2, -0.15) is 0 Å². The highest BCUT2D eigenvalue weighted by atomic mass is 15.3. The van der Waals surface area contributed by atoms with Crippen LogP contribution in [0.25, 0.3) is 0 Å². The minimum Gasteiger partial charge on any atom is -0.369 e. The van der Waals surface area contributed by atoms with Gasteiger partial charge in [-0.3, -0.25) is 4.90 Å². The fourth-order valence-electron chi connectivity index (χ4n) is 4.52. The molecule has 1 saturated carbocycles. The van der Waals surface area contributed by atoms with E-state index in [1.54, 1.807) is 5.56 Å². The first-order valence-corrected chi connectivity index (χ1v) is 10.0. The summed E-state index contributed by atoms with van der Waals surface area (Å²) in [7, 11) is 0. The van der Waals surface area contributed by atoms with Crippen LogP contribution in [0.4, 0.5) is 5.69 Å². The van der Waals surface area contributed by atoms with E-state index in [9.17, 15) is 0 Å². The third-order valence-electron chi connectivity index (χ3n) is 6.05. The maximum Gasteiger partial charge on any atom is 0.0402 e. The van der Waals surface area contributed by atoms with Gasteiger partial charge in [0, 0.05) is 38.4 Å². The lowest BCUT2D eigenvalue weighted by Gasteiger charge is -2.40. The molecule has 0 bridgehead atoms. The number of para-hydroxylation sites is 1. The first-order valence-electron chi connectivity index (χ1n) is 10.0. The van der Waals surface area contributed by atoms with Crippen LogP contribution in [-0.2, 0) is 0 Å². The third kappa shape index (κ3) is 4.33. The number of benzene rings is 1. The van der Waals surface area contributed by atoms with Crippen molar-refractivity contribution in [3.05, 3.63) is 29.8 Å². The lowest BCUT2D eigenvalue weighted by Crippen LogP contribution is -2.47. The Hall–Kier alpha value is -1.02. The van der Waals surface area contributed by atoms with Crippen LogP contribution in [0.5, 0.6) is 0 Å². The summed E-state index contributed by atoms with van der Waals surface area (Å²) >= 11 is 0. The molecule has 0 radical (unpaired) electrons. The van der Waals surface area contributed by atoms with Gasteiger partial charge in [-0.15, -0.1) is 0 Å². The molecule has 2 fully saturated rings. The Kier molecular flexibility index (Phi) is 5.54. The van der Waals surface area contributed by atoms with Gasteiger partial charge in [-0.05, 0) is 54.6 Å². The molecule has 1 aliphatic carbocycles. The Morgan fingerprint density at radius 1 is 1.00 bits per heavy atom. The molecule has 1 aromatic rings. The number of piperazine rings is 1. The quantitative estimate of drug-likeness (QED) is 0.754. The van der Waals surface area contributed by atoms with Crippen molar-refractivity contribution in [3.8, 4) is 0 Å². The molecule has 1 aliphatic heterocycles. The summed E-state index contributed by atoms with van der Waals surface area (Å²) in [5.41, 5.74) is 3.69. The largest absolute Gasteiger partial charge is 0.369 e. The molecular weight excluding hydrogens is 292 g/mol. The van der Waals surface area contributed by atoms with E-state index in [4.69, 9.17) is 0 Å². The Labute approximate surface area is 149 Å². The van der Waals surface area contributed by atoms with E-state index in [0.717, 1.165) is 11.8 Å². The summed E-state index contributed by atoms with van der Waals surface area (Å²) in [4.78, 5) is 5.28. The van der Waals surface area contributed by atoms with Crippen molar-refractivity contribution in [3.63, 3.8) is 0 Å². The highest BCUT2D eigenvalue weighted by Crippen LogP contribution is 2.44. The SMILES string of the molecule is CC(C)CN1CCN(c2ccccc2C2CCC(C)(C)CC2)CC1. The molecule has 3 rings (SSSR count). The van der Waals surface area contributed by atoms with E-state index in [1.165, 1.54) is 64.1 Å². The zero-order chi connectivity index (χ0) is 17.2. The van der Waals surface area contributed by atoms with Gasteiger partial charge in [0.25, 0.3) is 0 Å². The molecule has 1 saturated heterocycles. The fraction of sp³-hybridized carbons (Fsp3) is 0.727. The molecule has 0 amide bonds. The monoisotopic (exact) mass is 328 g/mol. The second-order valence-corrected chi connectivity index (χ2v) is 9.18. The summed E-state index contributed by atoms with van der Waals surface area (Å²) in [6.07, 6.45) is 5.46. The van der Waals surface area contributed by atoms with Gasteiger partial charge < -0.3 is 4.90 Å². The lowest BCUT2D eigenvalue weighted by molar-refractivity contribution is 0.222. The van der Waals surface area contributed by atoms with Crippen molar-refractivity contribution in [2.24, 2.45) is 11.3 Å². The van der Waals surface area contributed by atoms with Crippen LogP contribution in [0, 0.1) is 11.3 Å². The van der Waals surface area contributed by atoms with Gasteiger partial charge in [0.05, 0.1) is 0 Å². The van der Waals surface area contributed by atoms with Crippen LogP contribution < -0.4 is 4.90 Å². The van der Waals surface area contributed by atoms with Crippen molar-refractivity contribution >= 4 is 5.69 Å². The molecule has 0 atom stereocenters. The maximum atomic E-state index is 2.64. The van der Waals surface area contributed by atoms with Crippen molar-refractivity contribution < 1.29 is 0 Å². The number of hydrogen-bond acceptors (Lipinski definition) is 2. The summed E-state index contributed by atoms with van der Waals surface area (Å²) in [5.74, 6) is 1.54. The summed E-state index contributed by atoms with van der Waals surface area (Å²) in [5, 5.41) is 0.